The topological polar surface area (TPSA) is 23.6 Å². The zero-order valence-corrected chi connectivity index (χ0v) is 8.33. The average molecular weight is 182 g/mol. The lowest BCUT2D eigenvalue weighted by Gasteiger charge is -2.43. The number of rotatable bonds is 0. The standard InChI is InChI=1S/C10H18N2O/c1-9(13)12-7-6-11-5-3-2-4-10(11)8-12/h10H,2-8H2,1H3. The highest BCUT2D eigenvalue weighted by Crippen LogP contribution is 2.20. The van der Waals surface area contributed by atoms with Crippen LogP contribution in [0.5, 0.6) is 0 Å². The fourth-order valence-electron chi connectivity index (χ4n) is 2.44. The van der Waals surface area contributed by atoms with Gasteiger partial charge in [-0.2, -0.15) is 0 Å². The van der Waals surface area contributed by atoms with Gasteiger partial charge in [0.1, 0.15) is 0 Å². The van der Waals surface area contributed by atoms with E-state index in [0.29, 0.717) is 6.04 Å². The highest BCUT2D eigenvalue weighted by atomic mass is 16.2. The molecule has 2 heterocycles. The lowest BCUT2D eigenvalue weighted by atomic mass is 9.99. The van der Waals surface area contributed by atoms with Gasteiger partial charge in [0.15, 0.2) is 0 Å². The SMILES string of the molecule is CC(=O)N1CCN2CCCCC2C1. The average Bonchev–Trinajstić information content (AvgIpc) is 2.17. The zero-order chi connectivity index (χ0) is 9.26. The molecule has 0 spiro atoms. The number of amides is 1. The van der Waals surface area contributed by atoms with E-state index in [-0.39, 0.29) is 5.91 Å². The summed E-state index contributed by atoms with van der Waals surface area (Å²) in [5.74, 6) is 0.241. The molecular formula is C10H18N2O. The van der Waals surface area contributed by atoms with Crippen LogP contribution in [0.3, 0.4) is 0 Å². The molecule has 3 nitrogen and oxygen atoms in total. The maximum absolute atomic E-state index is 11.2. The first-order valence-electron chi connectivity index (χ1n) is 5.27. The lowest BCUT2D eigenvalue weighted by Crippen LogP contribution is -2.55. The summed E-state index contributed by atoms with van der Waals surface area (Å²) in [5, 5.41) is 0. The fourth-order valence-corrected chi connectivity index (χ4v) is 2.44. The van der Waals surface area contributed by atoms with Crippen molar-refractivity contribution in [2.45, 2.75) is 32.2 Å². The highest BCUT2D eigenvalue weighted by Gasteiger charge is 2.29. The maximum atomic E-state index is 11.2. The molecule has 0 aromatic carbocycles. The zero-order valence-electron chi connectivity index (χ0n) is 8.33. The Morgan fingerprint density at radius 3 is 2.85 bits per heavy atom. The molecule has 2 saturated heterocycles. The number of nitrogens with zero attached hydrogens (tertiary/aromatic N) is 2. The molecule has 13 heavy (non-hydrogen) atoms. The number of piperidine rings is 1. The van der Waals surface area contributed by atoms with Gasteiger partial charge in [-0.3, -0.25) is 9.69 Å². The summed E-state index contributed by atoms with van der Waals surface area (Å²) < 4.78 is 0. The van der Waals surface area contributed by atoms with Gasteiger partial charge in [-0.15, -0.1) is 0 Å². The normalized spacial score (nSPS) is 29.9. The first-order valence-corrected chi connectivity index (χ1v) is 5.27. The van der Waals surface area contributed by atoms with Gasteiger partial charge in [0.2, 0.25) is 5.91 Å². The van der Waals surface area contributed by atoms with Crippen molar-refractivity contribution in [3.63, 3.8) is 0 Å². The van der Waals surface area contributed by atoms with Gasteiger partial charge in [-0.1, -0.05) is 6.42 Å². The maximum Gasteiger partial charge on any atom is 0.219 e. The summed E-state index contributed by atoms with van der Waals surface area (Å²) in [7, 11) is 0. The highest BCUT2D eigenvalue weighted by molar-refractivity contribution is 5.73. The molecular weight excluding hydrogens is 164 g/mol. The summed E-state index contributed by atoms with van der Waals surface area (Å²) in [4.78, 5) is 15.7. The van der Waals surface area contributed by atoms with Gasteiger partial charge >= 0.3 is 0 Å². The van der Waals surface area contributed by atoms with Gasteiger partial charge in [-0.05, 0) is 19.4 Å². The number of hydrogen-bond acceptors (Lipinski definition) is 2. The molecule has 0 aromatic heterocycles. The monoisotopic (exact) mass is 182 g/mol. The first kappa shape index (κ1) is 9.00. The minimum absolute atomic E-state index is 0.241. The van der Waals surface area contributed by atoms with Crippen molar-refractivity contribution in [1.29, 1.82) is 0 Å². The van der Waals surface area contributed by atoms with E-state index in [1.807, 2.05) is 4.90 Å². The summed E-state index contributed by atoms with van der Waals surface area (Å²) in [6.07, 6.45) is 3.97. The first-order chi connectivity index (χ1) is 6.27. The number of piperazine rings is 1. The van der Waals surface area contributed by atoms with Crippen molar-refractivity contribution >= 4 is 5.91 Å². The van der Waals surface area contributed by atoms with Crippen LogP contribution in [0.2, 0.25) is 0 Å². The summed E-state index contributed by atoms with van der Waals surface area (Å²) in [6.45, 7) is 5.92. The van der Waals surface area contributed by atoms with Crippen LogP contribution < -0.4 is 0 Å². The van der Waals surface area contributed by atoms with E-state index in [1.54, 1.807) is 6.92 Å². The smallest absolute Gasteiger partial charge is 0.219 e. The third-order valence-corrected chi connectivity index (χ3v) is 3.28. The number of fused-ring (bicyclic) bond motifs is 1. The number of carbonyl (C=O) groups excluding carboxylic acids is 1. The van der Waals surface area contributed by atoms with E-state index in [1.165, 1.54) is 25.8 Å². The molecule has 0 aromatic rings. The van der Waals surface area contributed by atoms with E-state index < -0.39 is 0 Å². The number of hydrogen-bond donors (Lipinski definition) is 0. The van der Waals surface area contributed by atoms with Gasteiger partial charge in [-0.25, -0.2) is 0 Å². The van der Waals surface area contributed by atoms with Gasteiger partial charge in [0.05, 0.1) is 0 Å². The van der Waals surface area contributed by atoms with Crippen molar-refractivity contribution in [2.24, 2.45) is 0 Å². The predicted octanol–water partition coefficient (Wildman–Crippen LogP) is 0.703. The van der Waals surface area contributed by atoms with Crippen molar-refractivity contribution in [3.8, 4) is 0 Å². The molecule has 0 saturated carbocycles. The van der Waals surface area contributed by atoms with Crippen molar-refractivity contribution < 1.29 is 4.79 Å². The van der Waals surface area contributed by atoms with Crippen LogP contribution in [0.1, 0.15) is 26.2 Å². The Morgan fingerprint density at radius 2 is 2.08 bits per heavy atom. The fraction of sp³-hybridized carbons (Fsp3) is 0.900. The molecule has 2 rings (SSSR count). The van der Waals surface area contributed by atoms with E-state index >= 15 is 0 Å². The Labute approximate surface area is 79.7 Å². The molecule has 74 valence electrons. The van der Waals surface area contributed by atoms with Crippen molar-refractivity contribution in [3.05, 3.63) is 0 Å². The molecule has 1 unspecified atom stereocenters. The molecule has 0 N–H and O–H groups in total. The Balaban J connectivity index is 1.95. The predicted molar refractivity (Wildman–Crippen MR) is 51.5 cm³/mol. The van der Waals surface area contributed by atoms with Gasteiger partial charge < -0.3 is 4.90 Å². The molecule has 2 aliphatic rings. The van der Waals surface area contributed by atoms with E-state index in [4.69, 9.17) is 0 Å². The molecule has 2 aliphatic heterocycles. The van der Waals surface area contributed by atoms with Crippen LogP contribution in [0, 0.1) is 0 Å². The van der Waals surface area contributed by atoms with Gasteiger partial charge in [0.25, 0.3) is 0 Å². The summed E-state index contributed by atoms with van der Waals surface area (Å²) in [6, 6.07) is 0.659. The third kappa shape index (κ3) is 1.85. The minimum Gasteiger partial charge on any atom is -0.340 e. The van der Waals surface area contributed by atoms with Crippen LogP contribution in [-0.2, 0) is 4.79 Å². The molecule has 0 radical (unpaired) electrons. The molecule has 0 bridgehead atoms. The molecule has 1 atom stereocenters. The van der Waals surface area contributed by atoms with Crippen molar-refractivity contribution in [2.75, 3.05) is 26.2 Å². The number of carbonyl (C=O) groups is 1. The minimum atomic E-state index is 0.241. The quantitative estimate of drug-likeness (QED) is 0.550. The second kappa shape index (κ2) is 3.66. The van der Waals surface area contributed by atoms with Crippen LogP contribution in [0.25, 0.3) is 0 Å². The van der Waals surface area contributed by atoms with E-state index in [9.17, 15) is 4.79 Å². The molecule has 2 fully saturated rings. The molecule has 1 amide bonds. The summed E-state index contributed by atoms with van der Waals surface area (Å²) in [5.41, 5.74) is 0. The summed E-state index contributed by atoms with van der Waals surface area (Å²) >= 11 is 0. The lowest BCUT2D eigenvalue weighted by molar-refractivity contribution is -0.132. The largest absolute Gasteiger partial charge is 0.340 e. The second-order valence-corrected chi connectivity index (χ2v) is 4.15. The molecule has 0 aliphatic carbocycles. The molecule has 3 heteroatoms. The Hall–Kier alpha value is -0.570. The second-order valence-electron chi connectivity index (χ2n) is 4.15. The van der Waals surface area contributed by atoms with Gasteiger partial charge in [0, 0.05) is 32.6 Å². The van der Waals surface area contributed by atoms with Crippen molar-refractivity contribution in [1.82, 2.24) is 9.80 Å². The Kier molecular flexibility index (Phi) is 2.54. The van der Waals surface area contributed by atoms with Crippen LogP contribution in [0.4, 0.5) is 0 Å². The van der Waals surface area contributed by atoms with Crippen LogP contribution in [-0.4, -0.2) is 47.9 Å². The van der Waals surface area contributed by atoms with E-state index in [0.717, 1.165) is 19.6 Å². The van der Waals surface area contributed by atoms with Crippen LogP contribution in [0.15, 0.2) is 0 Å². The Bertz CT molecular complexity index is 205. The third-order valence-electron chi connectivity index (χ3n) is 3.28. The van der Waals surface area contributed by atoms with Crippen LogP contribution >= 0.6 is 0 Å². The Morgan fingerprint density at radius 1 is 1.23 bits per heavy atom. The van der Waals surface area contributed by atoms with E-state index in [2.05, 4.69) is 4.90 Å².